The van der Waals surface area contributed by atoms with E-state index in [2.05, 4.69) is 5.32 Å². The van der Waals surface area contributed by atoms with Crippen LogP contribution >= 0.6 is 11.3 Å². The number of hydrogen-bond donors (Lipinski definition) is 3. The fraction of sp³-hybridized carbons (Fsp3) is 0.615. The number of thiophene rings is 1. The van der Waals surface area contributed by atoms with E-state index in [1.165, 1.54) is 0 Å². The number of hydrogen-bond acceptors (Lipinski definition) is 4. The molecule has 3 atom stereocenters. The number of carbonyl (C=O) groups excluding carboxylic acids is 1. The molecule has 0 spiro atoms. The van der Waals surface area contributed by atoms with Crippen LogP contribution in [-0.2, 0) is 4.79 Å². The number of aliphatic hydroxyl groups is 1. The Kier molecular flexibility index (Phi) is 4.74. The molecule has 100 valence electrons. The number of amides is 1. The van der Waals surface area contributed by atoms with Gasteiger partial charge in [-0.2, -0.15) is 11.3 Å². The summed E-state index contributed by atoms with van der Waals surface area (Å²) in [6.45, 7) is 0.856. The average molecular weight is 268 g/mol. The first-order valence-electron chi connectivity index (χ1n) is 6.40. The van der Waals surface area contributed by atoms with Gasteiger partial charge in [0.2, 0.25) is 5.91 Å². The van der Waals surface area contributed by atoms with Crippen molar-refractivity contribution in [3.8, 4) is 0 Å². The van der Waals surface area contributed by atoms with Crippen molar-refractivity contribution < 1.29 is 9.90 Å². The van der Waals surface area contributed by atoms with Gasteiger partial charge < -0.3 is 16.2 Å². The Balaban J connectivity index is 1.81. The van der Waals surface area contributed by atoms with Crippen molar-refractivity contribution in [3.63, 3.8) is 0 Å². The largest absolute Gasteiger partial charge is 0.387 e. The smallest absolute Gasteiger partial charge is 0.223 e. The van der Waals surface area contributed by atoms with Gasteiger partial charge in [0.05, 0.1) is 6.10 Å². The minimum absolute atomic E-state index is 0.0321. The fourth-order valence-electron chi connectivity index (χ4n) is 2.57. The number of rotatable bonds is 5. The van der Waals surface area contributed by atoms with Crippen LogP contribution < -0.4 is 11.1 Å². The zero-order valence-electron chi connectivity index (χ0n) is 10.3. The second kappa shape index (κ2) is 6.31. The molecule has 1 aliphatic rings. The van der Waals surface area contributed by atoms with Crippen LogP contribution in [0.2, 0.25) is 0 Å². The van der Waals surface area contributed by atoms with Crippen LogP contribution in [0.3, 0.4) is 0 Å². The summed E-state index contributed by atoms with van der Waals surface area (Å²) in [6, 6.07) is 1.87. The van der Waals surface area contributed by atoms with E-state index in [0.29, 0.717) is 12.5 Å². The van der Waals surface area contributed by atoms with Crippen LogP contribution in [0.15, 0.2) is 16.8 Å². The highest BCUT2D eigenvalue weighted by atomic mass is 32.1. The fourth-order valence-corrected chi connectivity index (χ4v) is 3.28. The Bertz CT molecular complexity index is 380. The van der Waals surface area contributed by atoms with E-state index in [0.717, 1.165) is 24.8 Å². The summed E-state index contributed by atoms with van der Waals surface area (Å²) in [4.78, 5) is 12.0. The Morgan fingerprint density at radius 3 is 3.11 bits per heavy atom. The third kappa shape index (κ3) is 3.10. The predicted octanol–water partition coefficient (Wildman–Crippen LogP) is 1.27. The van der Waals surface area contributed by atoms with Gasteiger partial charge in [0.1, 0.15) is 0 Å². The molecule has 4 nitrogen and oxygen atoms in total. The van der Waals surface area contributed by atoms with E-state index in [1.54, 1.807) is 11.3 Å². The van der Waals surface area contributed by atoms with Gasteiger partial charge >= 0.3 is 0 Å². The molecular weight excluding hydrogens is 248 g/mol. The molecule has 1 aromatic rings. The van der Waals surface area contributed by atoms with Crippen LogP contribution in [0.1, 0.15) is 30.9 Å². The summed E-state index contributed by atoms with van der Waals surface area (Å²) < 4.78 is 0. The van der Waals surface area contributed by atoms with Crippen LogP contribution in [0.4, 0.5) is 0 Å². The maximum atomic E-state index is 12.0. The van der Waals surface area contributed by atoms with Crippen molar-refractivity contribution in [3.05, 3.63) is 22.4 Å². The van der Waals surface area contributed by atoms with Crippen molar-refractivity contribution in [2.45, 2.75) is 25.4 Å². The Labute approximate surface area is 111 Å². The summed E-state index contributed by atoms with van der Waals surface area (Å²) in [6.07, 6.45) is 2.43. The van der Waals surface area contributed by atoms with Crippen molar-refractivity contribution in [2.75, 3.05) is 13.1 Å². The summed E-state index contributed by atoms with van der Waals surface area (Å²) >= 11 is 1.54. The zero-order chi connectivity index (χ0) is 13.0. The summed E-state index contributed by atoms with van der Waals surface area (Å²) in [5.74, 6) is 0.380. The van der Waals surface area contributed by atoms with Crippen LogP contribution in [0, 0.1) is 11.8 Å². The first-order chi connectivity index (χ1) is 8.72. The van der Waals surface area contributed by atoms with E-state index in [-0.39, 0.29) is 18.4 Å². The minimum atomic E-state index is -0.613. The van der Waals surface area contributed by atoms with Gasteiger partial charge in [0, 0.05) is 12.5 Å². The van der Waals surface area contributed by atoms with Gasteiger partial charge in [0.15, 0.2) is 0 Å². The molecule has 0 aromatic carbocycles. The maximum Gasteiger partial charge on any atom is 0.223 e. The first kappa shape index (κ1) is 13.5. The average Bonchev–Trinajstić information content (AvgIpc) is 3.04. The van der Waals surface area contributed by atoms with Gasteiger partial charge in [0.25, 0.3) is 0 Å². The molecule has 1 amide bonds. The van der Waals surface area contributed by atoms with Gasteiger partial charge in [-0.05, 0) is 47.7 Å². The lowest BCUT2D eigenvalue weighted by Crippen LogP contribution is -2.37. The second-order valence-corrected chi connectivity index (χ2v) is 5.63. The Morgan fingerprint density at radius 1 is 1.61 bits per heavy atom. The molecule has 1 unspecified atom stereocenters. The van der Waals surface area contributed by atoms with E-state index in [9.17, 15) is 9.90 Å². The highest BCUT2D eigenvalue weighted by molar-refractivity contribution is 7.07. The molecule has 1 heterocycles. The number of aliphatic hydroxyl groups excluding tert-OH is 1. The monoisotopic (exact) mass is 268 g/mol. The lowest BCUT2D eigenvalue weighted by molar-refractivity contribution is -0.126. The zero-order valence-corrected chi connectivity index (χ0v) is 11.2. The van der Waals surface area contributed by atoms with Crippen LogP contribution in [0.25, 0.3) is 0 Å². The van der Waals surface area contributed by atoms with E-state index < -0.39 is 6.10 Å². The van der Waals surface area contributed by atoms with Crippen molar-refractivity contribution in [1.29, 1.82) is 0 Å². The van der Waals surface area contributed by atoms with E-state index in [4.69, 9.17) is 5.73 Å². The van der Waals surface area contributed by atoms with Gasteiger partial charge in [-0.3, -0.25) is 4.79 Å². The number of nitrogens with two attached hydrogens (primary N) is 1. The highest BCUT2D eigenvalue weighted by Gasteiger charge is 2.31. The molecule has 1 fully saturated rings. The number of carbonyl (C=O) groups is 1. The molecular formula is C13H20N2O2S. The lowest BCUT2D eigenvalue weighted by atomic mass is 9.95. The molecule has 1 aromatic heterocycles. The quantitative estimate of drug-likeness (QED) is 0.753. The highest BCUT2D eigenvalue weighted by Crippen LogP contribution is 2.31. The summed E-state index contributed by atoms with van der Waals surface area (Å²) in [7, 11) is 0. The molecule has 0 radical (unpaired) electrons. The molecule has 5 heteroatoms. The molecule has 1 saturated carbocycles. The first-order valence-corrected chi connectivity index (χ1v) is 7.34. The molecule has 0 saturated heterocycles. The van der Waals surface area contributed by atoms with Crippen LogP contribution in [-0.4, -0.2) is 24.1 Å². The Hall–Kier alpha value is -0.910. The SMILES string of the molecule is NC[C@H]1CCC[C@H]1C(=O)NCC(O)c1ccsc1. The normalized spacial score (nSPS) is 25.0. The third-order valence-electron chi connectivity index (χ3n) is 3.70. The molecule has 0 bridgehead atoms. The molecule has 18 heavy (non-hydrogen) atoms. The number of nitrogens with one attached hydrogen (secondary N) is 1. The van der Waals surface area contributed by atoms with Gasteiger partial charge in [-0.1, -0.05) is 6.42 Å². The summed E-state index contributed by atoms with van der Waals surface area (Å²) in [5, 5.41) is 16.5. The van der Waals surface area contributed by atoms with Gasteiger partial charge in [-0.15, -0.1) is 0 Å². The lowest BCUT2D eigenvalue weighted by Gasteiger charge is -2.18. The molecule has 2 rings (SSSR count). The van der Waals surface area contributed by atoms with Crippen molar-refractivity contribution in [1.82, 2.24) is 5.32 Å². The van der Waals surface area contributed by atoms with E-state index in [1.807, 2.05) is 16.8 Å². The van der Waals surface area contributed by atoms with E-state index >= 15 is 0 Å². The molecule has 0 aliphatic heterocycles. The predicted molar refractivity (Wildman–Crippen MR) is 72.2 cm³/mol. The topological polar surface area (TPSA) is 75.4 Å². The van der Waals surface area contributed by atoms with Crippen molar-refractivity contribution in [2.24, 2.45) is 17.6 Å². The van der Waals surface area contributed by atoms with Gasteiger partial charge in [-0.25, -0.2) is 0 Å². The standard InChI is InChI=1S/C13H20N2O2S/c14-6-9-2-1-3-11(9)13(17)15-7-12(16)10-4-5-18-8-10/h4-5,8-9,11-12,16H,1-3,6-7,14H2,(H,15,17)/t9-,11-,12?/m1/s1. The summed E-state index contributed by atoms with van der Waals surface area (Å²) in [5.41, 5.74) is 6.53. The minimum Gasteiger partial charge on any atom is -0.387 e. The van der Waals surface area contributed by atoms with Crippen LogP contribution in [0.5, 0.6) is 0 Å². The van der Waals surface area contributed by atoms with Crippen molar-refractivity contribution >= 4 is 17.2 Å². The second-order valence-electron chi connectivity index (χ2n) is 4.85. The molecule has 4 N–H and O–H groups in total. The maximum absolute atomic E-state index is 12.0. The molecule has 1 aliphatic carbocycles. The Morgan fingerprint density at radius 2 is 2.44 bits per heavy atom. The third-order valence-corrected chi connectivity index (χ3v) is 4.40.